The van der Waals surface area contributed by atoms with Crippen LogP contribution in [0.25, 0.3) is 11.3 Å². The molecule has 0 N–H and O–H groups in total. The Morgan fingerprint density at radius 2 is 1.90 bits per heavy atom. The number of nitriles is 1. The molecule has 0 aliphatic rings. The average molecular weight is 333 g/mol. The maximum Gasteiger partial charge on any atom is 0.390 e. The number of aryl methyl sites for hydroxylation is 1. The first-order valence-corrected chi connectivity index (χ1v) is 6.69. The highest BCUT2D eigenvalue weighted by molar-refractivity contribution is 6.36. The second kappa shape index (κ2) is 6.00. The van der Waals surface area contributed by atoms with Gasteiger partial charge in [-0.2, -0.15) is 18.4 Å². The average Bonchev–Trinajstić information content (AvgIpc) is 2.78. The first-order valence-electron chi connectivity index (χ1n) is 5.93. The molecule has 2 nitrogen and oxygen atoms in total. The number of benzene rings is 1. The number of nitrogens with zero attached hydrogens (tertiary/aromatic N) is 2. The third kappa shape index (κ3) is 3.72. The second-order valence-electron chi connectivity index (χ2n) is 4.37. The molecule has 0 atom stereocenters. The SMILES string of the molecule is N#Cc1ccn(CCC(F)(F)F)c1-c1ccc(Cl)cc1Cl. The van der Waals surface area contributed by atoms with Gasteiger partial charge in [0.05, 0.1) is 22.7 Å². The van der Waals surface area contributed by atoms with Gasteiger partial charge in [-0.15, -0.1) is 0 Å². The highest BCUT2D eigenvalue weighted by Gasteiger charge is 2.27. The van der Waals surface area contributed by atoms with Crippen molar-refractivity contribution in [3.63, 3.8) is 0 Å². The van der Waals surface area contributed by atoms with Crippen molar-refractivity contribution >= 4 is 23.2 Å². The van der Waals surface area contributed by atoms with Crippen molar-refractivity contribution in [2.75, 3.05) is 0 Å². The molecule has 0 unspecified atom stereocenters. The molecule has 1 aromatic carbocycles. The Morgan fingerprint density at radius 3 is 2.48 bits per heavy atom. The third-order valence-electron chi connectivity index (χ3n) is 2.91. The van der Waals surface area contributed by atoms with Gasteiger partial charge in [0.2, 0.25) is 0 Å². The Bertz CT molecular complexity index is 699. The molecular formula is C14H9Cl2F3N2. The van der Waals surface area contributed by atoms with E-state index in [2.05, 4.69) is 0 Å². The van der Waals surface area contributed by atoms with Crippen LogP contribution in [0.15, 0.2) is 30.5 Å². The fraction of sp³-hybridized carbons (Fsp3) is 0.214. The lowest BCUT2D eigenvalue weighted by Crippen LogP contribution is -2.12. The molecule has 1 aromatic heterocycles. The van der Waals surface area contributed by atoms with Crippen molar-refractivity contribution in [1.82, 2.24) is 4.57 Å². The first kappa shape index (κ1) is 15.7. The third-order valence-corrected chi connectivity index (χ3v) is 3.45. The molecule has 0 amide bonds. The van der Waals surface area contributed by atoms with Crippen molar-refractivity contribution in [2.24, 2.45) is 0 Å². The predicted molar refractivity (Wildman–Crippen MR) is 75.3 cm³/mol. The largest absolute Gasteiger partial charge is 0.390 e. The molecule has 0 aliphatic heterocycles. The van der Waals surface area contributed by atoms with Gasteiger partial charge in [-0.3, -0.25) is 0 Å². The molecule has 2 rings (SSSR count). The lowest BCUT2D eigenvalue weighted by atomic mass is 10.1. The number of alkyl halides is 3. The molecule has 2 aromatic rings. The Morgan fingerprint density at radius 1 is 1.19 bits per heavy atom. The topological polar surface area (TPSA) is 28.7 Å². The van der Waals surface area contributed by atoms with E-state index >= 15 is 0 Å². The molecule has 21 heavy (non-hydrogen) atoms. The molecule has 0 fully saturated rings. The maximum atomic E-state index is 12.4. The smallest absolute Gasteiger partial charge is 0.346 e. The number of aromatic nitrogens is 1. The van der Waals surface area contributed by atoms with E-state index in [0.717, 1.165) is 0 Å². The van der Waals surface area contributed by atoms with Crippen LogP contribution < -0.4 is 0 Å². The standard InChI is InChI=1S/C14H9Cl2F3N2/c15-10-1-2-11(12(16)7-10)13-9(8-20)3-5-21(13)6-4-14(17,18)19/h1-3,5,7H,4,6H2. The summed E-state index contributed by atoms with van der Waals surface area (Å²) in [5.74, 6) is 0. The summed E-state index contributed by atoms with van der Waals surface area (Å²) in [5, 5.41) is 9.81. The van der Waals surface area contributed by atoms with Crippen molar-refractivity contribution in [3.8, 4) is 17.3 Å². The Balaban J connectivity index is 2.46. The monoisotopic (exact) mass is 332 g/mol. The summed E-state index contributed by atoms with van der Waals surface area (Å²) in [6.45, 7) is -0.278. The fourth-order valence-corrected chi connectivity index (χ4v) is 2.48. The lowest BCUT2D eigenvalue weighted by Gasteiger charge is -2.13. The molecule has 0 aliphatic carbocycles. The van der Waals surface area contributed by atoms with Gasteiger partial charge in [-0.25, -0.2) is 0 Å². The number of hydrogen-bond acceptors (Lipinski definition) is 1. The molecular weight excluding hydrogens is 324 g/mol. The highest BCUT2D eigenvalue weighted by Crippen LogP contribution is 2.34. The van der Waals surface area contributed by atoms with E-state index in [-0.39, 0.29) is 17.1 Å². The van der Waals surface area contributed by atoms with Crippen LogP contribution in [0.2, 0.25) is 10.0 Å². The van der Waals surface area contributed by atoms with Gasteiger partial charge in [0, 0.05) is 23.3 Å². The second-order valence-corrected chi connectivity index (χ2v) is 5.22. The van der Waals surface area contributed by atoms with Crippen molar-refractivity contribution < 1.29 is 13.2 Å². The van der Waals surface area contributed by atoms with Crippen LogP contribution in [0.5, 0.6) is 0 Å². The summed E-state index contributed by atoms with van der Waals surface area (Å²) >= 11 is 11.9. The minimum absolute atomic E-state index is 0.265. The van der Waals surface area contributed by atoms with Crippen LogP contribution in [-0.4, -0.2) is 10.7 Å². The van der Waals surface area contributed by atoms with Crippen LogP contribution in [0, 0.1) is 11.3 Å². The van der Waals surface area contributed by atoms with Gasteiger partial charge in [-0.05, 0) is 24.3 Å². The zero-order valence-electron chi connectivity index (χ0n) is 10.6. The zero-order valence-corrected chi connectivity index (χ0v) is 12.1. The van der Waals surface area contributed by atoms with E-state index in [4.69, 9.17) is 28.5 Å². The van der Waals surface area contributed by atoms with Gasteiger partial charge >= 0.3 is 6.18 Å². The number of halogens is 5. The normalized spacial score (nSPS) is 11.4. The van der Waals surface area contributed by atoms with E-state index < -0.39 is 12.6 Å². The maximum absolute atomic E-state index is 12.4. The van der Waals surface area contributed by atoms with Crippen LogP contribution in [0.1, 0.15) is 12.0 Å². The lowest BCUT2D eigenvalue weighted by molar-refractivity contribution is -0.136. The Labute approximate surface area is 129 Å². The first-order chi connectivity index (χ1) is 9.81. The molecule has 0 saturated heterocycles. The van der Waals surface area contributed by atoms with Gasteiger partial charge in [-0.1, -0.05) is 23.2 Å². The van der Waals surface area contributed by atoms with Crippen LogP contribution in [0.3, 0.4) is 0 Å². The highest BCUT2D eigenvalue weighted by atomic mass is 35.5. The van der Waals surface area contributed by atoms with Gasteiger partial charge in [0.15, 0.2) is 0 Å². The number of rotatable bonds is 3. The van der Waals surface area contributed by atoms with Crippen molar-refractivity contribution in [1.29, 1.82) is 5.26 Å². The summed E-state index contributed by atoms with van der Waals surface area (Å²) < 4.78 is 38.5. The molecule has 0 saturated carbocycles. The van der Waals surface area contributed by atoms with Crippen LogP contribution in [-0.2, 0) is 6.54 Å². The van der Waals surface area contributed by atoms with Gasteiger partial charge < -0.3 is 4.57 Å². The zero-order chi connectivity index (χ0) is 15.6. The Hall–Kier alpha value is -1.64. The van der Waals surface area contributed by atoms with E-state index in [9.17, 15) is 13.2 Å². The van der Waals surface area contributed by atoms with E-state index in [1.807, 2.05) is 6.07 Å². The van der Waals surface area contributed by atoms with E-state index in [1.54, 1.807) is 12.1 Å². The molecule has 0 radical (unpaired) electrons. The quantitative estimate of drug-likeness (QED) is 0.751. The molecule has 7 heteroatoms. The predicted octanol–water partition coefficient (Wildman–Crippen LogP) is 5.29. The number of hydrogen-bond donors (Lipinski definition) is 0. The van der Waals surface area contributed by atoms with Crippen LogP contribution >= 0.6 is 23.2 Å². The van der Waals surface area contributed by atoms with Crippen LogP contribution in [0.4, 0.5) is 13.2 Å². The molecule has 110 valence electrons. The molecule has 1 heterocycles. The summed E-state index contributed by atoms with van der Waals surface area (Å²) in [5.41, 5.74) is 1.11. The summed E-state index contributed by atoms with van der Waals surface area (Å²) in [7, 11) is 0. The fourth-order valence-electron chi connectivity index (χ4n) is 1.98. The minimum atomic E-state index is -4.27. The van der Waals surface area contributed by atoms with Gasteiger partial charge in [0.1, 0.15) is 6.07 Å². The van der Waals surface area contributed by atoms with E-state index in [0.29, 0.717) is 16.3 Å². The van der Waals surface area contributed by atoms with Crippen molar-refractivity contribution in [3.05, 3.63) is 46.1 Å². The summed E-state index contributed by atoms with van der Waals surface area (Å²) in [6.07, 6.45) is -3.80. The van der Waals surface area contributed by atoms with Crippen molar-refractivity contribution in [2.45, 2.75) is 19.1 Å². The molecule has 0 bridgehead atoms. The summed E-state index contributed by atoms with van der Waals surface area (Å²) in [6, 6.07) is 8.08. The summed E-state index contributed by atoms with van der Waals surface area (Å²) in [4.78, 5) is 0. The Kier molecular flexibility index (Phi) is 4.50. The minimum Gasteiger partial charge on any atom is -0.346 e. The molecule has 0 spiro atoms. The van der Waals surface area contributed by atoms with Gasteiger partial charge in [0.25, 0.3) is 0 Å². The van der Waals surface area contributed by atoms with E-state index in [1.165, 1.54) is 22.9 Å².